The number of hydrogen-bond acceptors (Lipinski definition) is 3. The van der Waals surface area contributed by atoms with E-state index < -0.39 is 6.04 Å². The van der Waals surface area contributed by atoms with Gasteiger partial charge in [-0.2, -0.15) is 0 Å². The van der Waals surface area contributed by atoms with Crippen molar-refractivity contribution < 1.29 is 14.3 Å². The summed E-state index contributed by atoms with van der Waals surface area (Å²) in [5.41, 5.74) is 1.68. The Morgan fingerprint density at radius 3 is 2.56 bits per heavy atom. The third-order valence-corrected chi connectivity index (χ3v) is 6.49. The highest BCUT2D eigenvalue weighted by molar-refractivity contribution is 6.31. The largest absolute Gasteiger partial charge is 0.497 e. The normalized spacial score (nSPS) is 15.1. The lowest BCUT2D eigenvalue weighted by Gasteiger charge is -2.33. The second-order valence-electron chi connectivity index (χ2n) is 8.41. The van der Waals surface area contributed by atoms with Crippen LogP contribution >= 0.6 is 11.6 Å². The van der Waals surface area contributed by atoms with E-state index in [9.17, 15) is 9.59 Å². The highest BCUT2D eigenvalue weighted by atomic mass is 35.5. The molecule has 6 heteroatoms. The van der Waals surface area contributed by atoms with Gasteiger partial charge in [-0.15, -0.1) is 0 Å². The molecule has 0 radical (unpaired) electrons. The second kappa shape index (κ2) is 11.9. The van der Waals surface area contributed by atoms with Gasteiger partial charge in [-0.25, -0.2) is 0 Å². The maximum absolute atomic E-state index is 13.5. The van der Waals surface area contributed by atoms with Crippen molar-refractivity contribution >= 4 is 23.4 Å². The van der Waals surface area contributed by atoms with Crippen LogP contribution < -0.4 is 10.1 Å². The van der Waals surface area contributed by atoms with Crippen LogP contribution in [0.25, 0.3) is 0 Å². The minimum atomic E-state index is -0.543. The number of nitrogens with zero attached hydrogens (tertiary/aromatic N) is 1. The zero-order chi connectivity index (χ0) is 22.9. The number of halogens is 1. The van der Waals surface area contributed by atoms with Crippen LogP contribution in [-0.2, 0) is 22.6 Å². The average molecular weight is 457 g/mol. The van der Waals surface area contributed by atoms with E-state index in [2.05, 4.69) is 5.32 Å². The van der Waals surface area contributed by atoms with Crippen molar-refractivity contribution in [3.8, 4) is 5.75 Å². The fourth-order valence-corrected chi connectivity index (χ4v) is 4.54. The average Bonchev–Trinajstić information content (AvgIpc) is 2.81. The van der Waals surface area contributed by atoms with E-state index >= 15 is 0 Å². The summed E-state index contributed by atoms with van der Waals surface area (Å²) >= 11 is 6.31. The number of carbonyl (C=O) groups is 2. The molecular weight excluding hydrogens is 424 g/mol. The van der Waals surface area contributed by atoms with E-state index in [1.54, 1.807) is 18.1 Å². The number of amides is 2. The first-order valence-electron chi connectivity index (χ1n) is 11.5. The molecule has 0 heterocycles. The quantitative estimate of drug-likeness (QED) is 0.567. The van der Waals surface area contributed by atoms with Gasteiger partial charge >= 0.3 is 0 Å². The molecule has 5 nitrogen and oxygen atoms in total. The predicted octanol–water partition coefficient (Wildman–Crippen LogP) is 5.15. The van der Waals surface area contributed by atoms with Gasteiger partial charge in [-0.3, -0.25) is 9.59 Å². The summed E-state index contributed by atoms with van der Waals surface area (Å²) < 4.78 is 5.34. The minimum absolute atomic E-state index is 0.0743. The fraction of sp³-hybridized carbons (Fsp3) is 0.462. The summed E-state index contributed by atoms with van der Waals surface area (Å²) in [5.74, 6) is 0.530. The summed E-state index contributed by atoms with van der Waals surface area (Å²) in [6, 6.07) is 14.6. The molecule has 0 unspecified atom stereocenters. The highest BCUT2D eigenvalue weighted by Gasteiger charge is 2.30. The molecule has 1 aliphatic carbocycles. The number of methoxy groups -OCH3 is 1. The molecule has 0 bridgehead atoms. The number of rotatable bonds is 9. The summed E-state index contributed by atoms with van der Waals surface area (Å²) in [6.07, 6.45) is 6.20. The summed E-state index contributed by atoms with van der Waals surface area (Å²) in [4.78, 5) is 28.4. The van der Waals surface area contributed by atoms with Gasteiger partial charge in [0.15, 0.2) is 0 Å². The molecule has 1 atom stereocenters. The Bertz CT molecular complexity index is 911. The fourth-order valence-electron chi connectivity index (χ4n) is 4.34. The molecule has 1 saturated carbocycles. The second-order valence-corrected chi connectivity index (χ2v) is 8.82. The van der Waals surface area contributed by atoms with Gasteiger partial charge in [0.05, 0.1) is 13.5 Å². The van der Waals surface area contributed by atoms with Gasteiger partial charge in [-0.05, 0) is 48.6 Å². The van der Waals surface area contributed by atoms with Crippen molar-refractivity contribution in [2.45, 2.75) is 70.5 Å². The number of hydrogen-bond donors (Lipinski definition) is 1. The maximum Gasteiger partial charge on any atom is 0.243 e. The van der Waals surface area contributed by atoms with E-state index in [1.807, 2.05) is 49.4 Å². The Morgan fingerprint density at radius 2 is 1.88 bits per heavy atom. The van der Waals surface area contributed by atoms with E-state index in [1.165, 1.54) is 6.42 Å². The minimum Gasteiger partial charge on any atom is -0.497 e. The van der Waals surface area contributed by atoms with E-state index in [0.29, 0.717) is 18.0 Å². The monoisotopic (exact) mass is 456 g/mol. The molecule has 2 aromatic carbocycles. The molecule has 1 fully saturated rings. The van der Waals surface area contributed by atoms with Gasteiger partial charge in [0.1, 0.15) is 11.8 Å². The summed E-state index contributed by atoms with van der Waals surface area (Å²) in [5, 5.41) is 3.76. The lowest BCUT2D eigenvalue weighted by atomic mass is 9.95. The van der Waals surface area contributed by atoms with Gasteiger partial charge < -0.3 is 15.0 Å². The topological polar surface area (TPSA) is 58.6 Å². The van der Waals surface area contributed by atoms with Crippen LogP contribution in [0.2, 0.25) is 5.02 Å². The Labute approximate surface area is 196 Å². The van der Waals surface area contributed by atoms with Crippen LogP contribution in [0, 0.1) is 0 Å². The summed E-state index contributed by atoms with van der Waals surface area (Å²) in [6.45, 7) is 2.28. The van der Waals surface area contributed by atoms with Crippen molar-refractivity contribution in [1.29, 1.82) is 0 Å². The maximum atomic E-state index is 13.5. The Morgan fingerprint density at radius 1 is 1.12 bits per heavy atom. The van der Waals surface area contributed by atoms with Crippen molar-refractivity contribution in [3.63, 3.8) is 0 Å². The molecule has 1 N–H and O–H groups in total. The first-order chi connectivity index (χ1) is 15.5. The molecule has 32 heavy (non-hydrogen) atoms. The molecule has 2 amide bonds. The van der Waals surface area contributed by atoms with Crippen LogP contribution in [-0.4, -0.2) is 35.9 Å². The number of benzene rings is 2. The molecule has 0 aromatic heterocycles. The Hall–Kier alpha value is -2.53. The predicted molar refractivity (Wildman–Crippen MR) is 128 cm³/mol. The van der Waals surface area contributed by atoms with Crippen LogP contribution in [0.5, 0.6) is 5.75 Å². The lowest BCUT2D eigenvalue weighted by Crippen LogP contribution is -2.52. The first kappa shape index (κ1) is 24.1. The lowest BCUT2D eigenvalue weighted by molar-refractivity contribution is -0.141. The molecule has 172 valence electrons. The van der Waals surface area contributed by atoms with Gasteiger partial charge in [0.2, 0.25) is 11.8 Å². The third-order valence-electron chi connectivity index (χ3n) is 6.12. The van der Waals surface area contributed by atoms with E-state index in [-0.39, 0.29) is 24.3 Å². The molecule has 0 spiro atoms. The van der Waals surface area contributed by atoms with Crippen LogP contribution in [0.15, 0.2) is 48.5 Å². The molecule has 0 saturated heterocycles. The first-order valence-corrected chi connectivity index (χ1v) is 11.9. The molecule has 2 aromatic rings. The zero-order valence-corrected chi connectivity index (χ0v) is 19.7. The summed E-state index contributed by atoms with van der Waals surface area (Å²) in [7, 11) is 1.62. The van der Waals surface area contributed by atoms with Crippen molar-refractivity contribution in [1.82, 2.24) is 10.2 Å². The van der Waals surface area contributed by atoms with Crippen molar-refractivity contribution in [2.24, 2.45) is 0 Å². The molecular formula is C26H33ClN2O3. The standard InChI is InChI=1S/C26H33ClN2O3/c1-3-24(26(31)28-21-12-5-4-6-13-21)29(18-19-10-9-14-22(16-19)32-2)25(30)17-20-11-7-8-15-23(20)27/h7-11,14-16,21,24H,3-6,12-13,17-18H2,1-2H3,(H,28,31)/t24-/m0/s1. The number of ether oxygens (including phenoxy) is 1. The van der Waals surface area contributed by atoms with E-state index in [4.69, 9.17) is 16.3 Å². The van der Waals surface area contributed by atoms with Gasteiger partial charge in [-0.1, -0.05) is 68.1 Å². The van der Waals surface area contributed by atoms with Crippen LogP contribution in [0.1, 0.15) is 56.6 Å². The number of carbonyl (C=O) groups excluding carboxylic acids is 2. The third kappa shape index (κ3) is 6.49. The smallest absolute Gasteiger partial charge is 0.243 e. The van der Waals surface area contributed by atoms with Crippen molar-refractivity contribution in [2.75, 3.05) is 7.11 Å². The molecule has 1 aliphatic rings. The van der Waals surface area contributed by atoms with Crippen LogP contribution in [0.3, 0.4) is 0 Å². The Kier molecular flexibility index (Phi) is 8.98. The SMILES string of the molecule is CC[C@@H](C(=O)NC1CCCCC1)N(Cc1cccc(OC)c1)C(=O)Cc1ccccc1Cl. The Balaban J connectivity index is 1.83. The van der Waals surface area contributed by atoms with E-state index in [0.717, 1.165) is 42.6 Å². The highest BCUT2D eigenvalue weighted by Crippen LogP contribution is 2.22. The van der Waals surface area contributed by atoms with Crippen molar-refractivity contribution in [3.05, 3.63) is 64.7 Å². The van der Waals surface area contributed by atoms with Crippen LogP contribution in [0.4, 0.5) is 0 Å². The molecule has 0 aliphatic heterocycles. The van der Waals surface area contributed by atoms with Gasteiger partial charge in [0.25, 0.3) is 0 Å². The van der Waals surface area contributed by atoms with Gasteiger partial charge in [0, 0.05) is 17.6 Å². The molecule has 3 rings (SSSR count). The number of nitrogens with one attached hydrogen (secondary N) is 1. The zero-order valence-electron chi connectivity index (χ0n) is 19.0.